The van der Waals surface area contributed by atoms with Gasteiger partial charge in [-0.2, -0.15) is 46.9 Å². The highest BCUT2D eigenvalue weighted by atomic mass is 79.9. The van der Waals surface area contributed by atoms with Crippen molar-refractivity contribution < 1.29 is 58.6 Å². The van der Waals surface area contributed by atoms with Crippen molar-refractivity contribution in [3.05, 3.63) is 46.1 Å². The van der Waals surface area contributed by atoms with E-state index >= 15 is 0 Å². The standard InChI is InChI=1S/C24H20BrF9N4O4S/c1-36(19(40)20(41)38-6-8-43-9-7-38)16-5-3-4-14(35-16)18(39)37(2)17-13(25)10-12(11-15(17)42-21(26)27)22(28,23(29,30)31)24(32,33)34/h3-5,10-11,21H,6-9H2,1-2H3. The Morgan fingerprint density at radius 2 is 1.56 bits per heavy atom. The first-order chi connectivity index (χ1) is 19.8. The maximum Gasteiger partial charge on any atom is 0.435 e. The van der Waals surface area contributed by atoms with E-state index in [4.69, 9.17) is 0 Å². The Morgan fingerprint density at radius 1 is 0.977 bits per heavy atom. The fourth-order valence-corrected chi connectivity index (χ4v) is 5.53. The smallest absolute Gasteiger partial charge is 0.433 e. The second kappa shape index (κ2) is 12.8. The van der Waals surface area contributed by atoms with E-state index in [0.717, 1.165) is 18.0 Å². The number of carbonyl (C=O) groups excluding carboxylic acids is 3. The number of likely N-dealkylation sites (N-methyl/N-ethyl adjacent to an activating group) is 1. The molecule has 0 radical (unpaired) electrons. The zero-order valence-corrected chi connectivity index (χ0v) is 24.3. The van der Waals surface area contributed by atoms with E-state index in [1.54, 1.807) is 11.8 Å². The lowest BCUT2D eigenvalue weighted by molar-refractivity contribution is -0.348. The van der Waals surface area contributed by atoms with E-state index < -0.39 is 69.5 Å². The van der Waals surface area contributed by atoms with E-state index in [2.05, 4.69) is 25.7 Å². The van der Waals surface area contributed by atoms with Gasteiger partial charge in [0.15, 0.2) is 5.75 Å². The molecule has 0 spiro atoms. The van der Waals surface area contributed by atoms with Gasteiger partial charge in [-0.15, -0.1) is 0 Å². The molecular formula is C24H20BrF9N4O4S. The first-order valence-corrected chi connectivity index (χ1v) is 13.8. The number of aromatic nitrogens is 1. The maximum absolute atomic E-state index is 14.7. The van der Waals surface area contributed by atoms with Gasteiger partial charge in [-0.05, 0) is 40.2 Å². The van der Waals surface area contributed by atoms with Crippen molar-refractivity contribution in [2.24, 2.45) is 0 Å². The summed E-state index contributed by atoms with van der Waals surface area (Å²) in [5, 5.41) is 0. The van der Waals surface area contributed by atoms with E-state index in [1.165, 1.54) is 24.1 Å². The topological polar surface area (TPSA) is 83.1 Å². The van der Waals surface area contributed by atoms with Crippen LogP contribution in [0.25, 0.3) is 0 Å². The summed E-state index contributed by atoms with van der Waals surface area (Å²) in [7, 11) is 2.10. The molecule has 1 aliphatic rings. The van der Waals surface area contributed by atoms with Gasteiger partial charge < -0.3 is 14.5 Å². The summed E-state index contributed by atoms with van der Waals surface area (Å²) >= 11 is 4.23. The summed E-state index contributed by atoms with van der Waals surface area (Å²) in [4.78, 5) is 45.2. The van der Waals surface area contributed by atoms with Crippen LogP contribution in [0.2, 0.25) is 0 Å². The van der Waals surface area contributed by atoms with Gasteiger partial charge in [0.05, 0.1) is 0 Å². The molecule has 2 aromatic rings. The van der Waals surface area contributed by atoms with Gasteiger partial charge in [-0.3, -0.25) is 19.3 Å². The number of pyridine rings is 1. The van der Waals surface area contributed by atoms with Crippen LogP contribution in [0, 0.1) is 0 Å². The number of benzene rings is 1. The third kappa shape index (κ3) is 6.97. The largest absolute Gasteiger partial charge is 0.435 e. The number of nitrogens with zero attached hydrogens (tertiary/aromatic N) is 4. The molecule has 0 aliphatic carbocycles. The Labute approximate surface area is 250 Å². The summed E-state index contributed by atoms with van der Waals surface area (Å²) < 4.78 is 124. The van der Waals surface area contributed by atoms with Crippen LogP contribution in [0.4, 0.5) is 51.0 Å². The van der Waals surface area contributed by atoms with Crippen molar-refractivity contribution >= 4 is 56.9 Å². The molecule has 0 bridgehead atoms. The summed E-state index contributed by atoms with van der Waals surface area (Å²) in [6, 6.07) is 3.39. The van der Waals surface area contributed by atoms with Crippen molar-refractivity contribution in [2.75, 3.05) is 48.5 Å². The Kier molecular flexibility index (Phi) is 10.2. The zero-order valence-electron chi connectivity index (χ0n) is 21.9. The molecule has 2 heterocycles. The lowest BCUT2D eigenvalue weighted by Crippen LogP contribution is -2.50. The fraction of sp³-hybridized carbons (Fsp3) is 0.417. The lowest BCUT2D eigenvalue weighted by Gasteiger charge is -2.31. The number of carbonyl (C=O) groups is 3. The van der Waals surface area contributed by atoms with E-state index in [0.29, 0.717) is 29.5 Å². The predicted octanol–water partition coefficient (Wildman–Crippen LogP) is 5.55. The summed E-state index contributed by atoms with van der Waals surface area (Å²) in [6.45, 7) is -3.13. The third-order valence-electron chi connectivity index (χ3n) is 6.15. The molecule has 1 aliphatic heterocycles. The molecule has 0 atom stereocenters. The SMILES string of the molecule is CN(C(=O)C(=O)N1CCSCC1)c1cccc(C(=O)N(C)c2c(Br)cc(C(F)(C(F)(F)F)C(F)(F)F)cc2OC(F)F)n1. The number of alkyl halides is 9. The molecular weight excluding hydrogens is 691 g/mol. The van der Waals surface area contributed by atoms with Gasteiger partial charge in [-0.1, -0.05) is 6.07 Å². The van der Waals surface area contributed by atoms with Crippen molar-refractivity contribution in [3.63, 3.8) is 0 Å². The minimum absolute atomic E-state index is 0.0272. The molecule has 1 saturated heterocycles. The van der Waals surface area contributed by atoms with Gasteiger partial charge in [0, 0.05) is 48.7 Å². The van der Waals surface area contributed by atoms with Crippen molar-refractivity contribution in [2.45, 2.75) is 24.6 Å². The van der Waals surface area contributed by atoms with Crippen LogP contribution in [-0.2, 0) is 15.3 Å². The molecule has 0 N–H and O–H groups in total. The number of hydrogen-bond acceptors (Lipinski definition) is 6. The molecule has 1 aromatic carbocycles. The number of thioether (sulfide) groups is 1. The van der Waals surface area contributed by atoms with Crippen LogP contribution in [0.5, 0.6) is 5.75 Å². The highest BCUT2D eigenvalue weighted by Gasteiger charge is 2.73. The average Bonchev–Trinajstić information content (AvgIpc) is 2.93. The summed E-state index contributed by atoms with van der Waals surface area (Å²) in [5.41, 5.74) is -9.40. The molecule has 3 amide bonds. The van der Waals surface area contributed by atoms with Gasteiger partial charge in [-0.25, -0.2) is 9.37 Å². The van der Waals surface area contributed by atoms with Crippen LogP contribution in [0.1, 0.15) is 16.1 Å². The Balaban J connectivity index is 2.00. The van der Waals surface area contributed by atoms with Gasteiger partial charge >= 0.3 is 36.4 Å². The summed E-state index contributed by atoms with van der Waals surface area (Å²) in [6.07, 6.45) is -13.1. The van der Waals surface area contributed by atoms with Gasteiger partial charge in [0.25, 0.3) is 5.91 Å². The first kappa shape index (κ1) is 34.3. The van der Waals surface area contributed by atoms with E-state index in [9.17, 15) is 53.9 Å². The van der Waals surface area contributed by atoms with Crippen LogP contribution < -0.4 is 14.5 Å². The average molecular weight is 711 g/mol. The Morgan fingerprint density at radius 3 is 2.09 bits per heavy atom. The fourth-order valence-electron chi connectivity index (χ4n) is 3.92. The molecule has 3 rings (SSSR count). The molecule has 43 heavy (non-hydrogen) atoms. The van der Waals surface area contributed by atoms with Crippen LogP contribution in [0.15, 0.2) is 34.8 Å². The minimum Gasteiger partial charge on any atom is -0.433 e. The van der Waals surface area contributed by atoms with Crippen LogP contribution in [-0.4, -0.2) is 85.3 Å². The van der Waals surface area contributed by atoms with Crippen molar-refractivity contribution in [1.29, 1.82) is 0 Å². The second-order valence-electron chi connectivity index (χ2n) is 8.85. The predicted molar refractivity (Wildman–Crippen MR) is 140 cm³/mol. The number of halogens is 10. The maximum atomic E-state index is 14.7. The lowest BCUT2D eigenvalue weighted by atomic mass is 9.93. The minimum atomic E-state index is -6.56. The Bertz CT molecular complexity index is 1370. The van der Waals surface area contributed by atoms with E-state index in [-0.39, 0.29) is 18.0 Å². The van der Waals surface area contributed by atoms with Gasteiger partial charge in [0.2, 0.25) is 0 Å². The highest BCUT2D eigenvalue weighted by Crippen LogP contribution is 2.55. The molecule has 1 fully saturated rings. The van der Waals surface area contributed by atoms with Gasteiger partial charge in [0.1, 0.15) is 17.2 Å². The monoisotopic (exact) mass is 710 g/mol. The quantitative estimate of drug-likeness (QED) is 0.289. The number of ether oxygens (including phenoxy) is 1. The van der Waals surface area contributed by atoms with Crippen LogP contribution >= 0.6 is 27.7 Å². The number of anilines is 2. The molecule has 0 unspecified atom stereocenters. The van der Waals surface area contributed by atoms with Crippen LogP contribution in [0.3, 0.4) is 0 Å². The first-order valence-electron chi connectivity index (χ1n) is 11.8. The molecule has 236 valence electrons. The second-order valence-corrected chi connectivity index (χ2v) is 10.9. The molecule has 8 nitrogen and oxygen atoms in total. The number of amides is 3. The summed E-state index contributed by atoms with van der Waals surface area (Å²) in [5.74, 6) is -3.30. The van der Waals surface area contributed by atoms with E-state index in [1.807, 2.05) is 0 Å². The van der Waals surface area contributed by atoms with Crippen molar-refractivity contribution in [1.82, 2.24) is 9.88 Å². The molecule has 19 heteroatoms. The zero-order chi connectivity index (χ0) is 32.5. The number of rotatable bonds is 6. The number of hydrogen-bond donors (Lipinski definition) is 0. The molecule has 0 saturated carbocycles. The Hall–Kier alpha value is -3.22. The third-order valence-corrected chi connectivity index (χ3v) is 7.69. The normalized spacial score (nSPS) is 14.5. The molecule has 1 aromatic heterocycles. The highest BCUT2D eigenvalue weighted by molar-refractivity contribution is 9.10. The van der Waals surface area contributed by atoms with Crippen molar-refractivity contribution in [3.8, 4) is 5.75 Å².